The van der Waals surface area contributed by atoms with Gasteiger partial charge in [0.2, 0.25) is 5.72 Å². The Balaban J connectivity index is 1.35. The number of oxime groups is 1. The molecule has 1 unspecified atom stereocenters. The van der Waals surface area contributed by atoms with Crippen molar-refractivity contribution in [3.8, 4) is 17.2 Å². The molecule has 7 nitrogen and oxygen atoms in total. The molecule has 0 saturated carbocycles. The van der Waals surface area contributed by atoms with Crippen LogP contribution in [0.3, 0.4) is 0 Å². The van der Waals surface area contributed by atoms with Crippen molar-refractivity contribution in [1.29, 1.82) is 0 Å². The Kier molecular flexibility index (Phi) is 5.01. The molecule has 6 rings (SSSR count). The van der Waals surface area contributed by atoms with E-state index < -0.39 is 17.4 Å². The van der Waals surface area contributed by atoms with Gasteiger partial charge in [-0.15, -0.1) is 0 Å². The molecule has 35 heavy (non-hydrogen) atoms. The van der Waals surface area contributed by atoms with Crippen LogP contribution >= 0.6 is 0 Å². The molecule has 1 atom stereocenters. The van der Waals surface area contributed by atoms with Crippen LogP contribution in [0.25, 0.3) is 11.8 Å². The highest BCUT2D eigenvalue weighted by Crippen LogP contribution is 2.49. The molecular formula is C26H24F2N4O3. The van der Waals surface area contributed by atoms with E-state index in [-0.39, 0.29) is 12.4 Å². The molecule has 4 heterocycles. The van der Waals surface area contributed by atoms with E-state index >= 15 is 0 Å². The van der Waals surface area contributed by atoms with Crippen molar-refractivity contribution >= 4 is 11.9 Å². The van der Waals surface area contributed by atoms with E-state index in [2.05, 4.69) is 16.2 Å². The Morgan fingerprint density at radius 3 is 2.89 bits per heavy atom. The van der Waals surface area contributed by atoms with Gasteiger partial charge in [0.15, 0.2) is 17.4 Å². The lowest BCUT2D eigenvalue weighted by Crippen LogP contribution is -2.51. The summed E-state index contributed by atoms with van der Waals surface area (Å²) in [4.78, 5) is 12.3. The van der Waals surface area contributed by atoms with Crippen LogP contribution in [0.2, 0.25) is 0 Å². The quantitative estimate of drug-likeness (QED) is 0.535. The molecule has 0 aliphatic carbocycles. The van der Waals surface area contributed by atoms with E-state index in [1.807, 2.05) is 40.8 Å². The minimum atomic E-state index is -1.08. The first-order chi connectivity index (χ1) is 17.0. The maximum atomic E-state index is 14.5. The Morgan fingerprint density at radius 1 is 1.20 bits per heavy atom. The molecule has 1 aromatic heterocycles. The number of piperidine rings is 1. The second kappa shape index (κ2) is 8.11. The molecule has 0 N–H and O–H groups in total. The van der Waals surface area contributed by atoms with Gasteiger partial charge in [-0.1, -0.05) is 11.2 Å². The number of hydrogen-bond donors (Lipinski definition) is 0. The van der Waals surface area contributed by atoms with Crippen LogP contribution in [-0.2, 0) is 10.6 Å². The van der Waals surface area contributed by atoms with Crippen molar-refractivity contribution in [3.63, 3.8) is 0 Å². The Hall–Kier alpha value is -3.88. The van der Waals surface area contributed by atoms with Gasteiger partial charge in [-0.05, 0) is 55.2 Å². The maximum absolute atomic E-state index is 14.5. The second-order valence-electron chi connectivity index (χ2n) is 8.93. The molecule has 0 amide bonds. The largest absolute Gasteiger partial charge is 0.495 e. The SMILES string of the molecule is COc1cc(C=C2CCCN3C2=NOC32CCOc3c(F)cc(F)cc32)ccc1-n1cnc(C)c1. The first kappa shape index (κ1) is 21.6. The minimum absolute atomic E-state index is 0.0280. The van der Waals surface area contributed by atoms with Crippen molar-refractivity contribution < 1.29 is 23.1 Å². The number of methoxy groups -OCH3 is 1. The maximum Gasteiger partial charge on any atom is 0.244 e. The summed E-state index contributed by atoms with van der Waals surface area (Å²) in [6.07, 6.45) is 7.83. The zero-order valence-electron chi connectivity index (χ0n) is 19.4. The number of nitrogens with zero attached hydrogens (tertiary/aromatic N) is 4. The standard InChI is InChI=1S/C26H24F2N4O3/c1-16-14-31(15-29-16)22-6-5-17(11-23(22)33-2)10-18-4-3-8-32-25(18)30-35-26(32)7-9-34-24-20(26)12-19(27)13-21(24)28/h5-6,10-15H,3-4,7-9H2,1-2H3. The van der Waals surface area contributed by atoms with E-state index in [9.17, 15) is 8.78 Å². The Morgan fingerprint density at radius 2 is 2.09 bits per heavy atom. The first-order valence-corrected chi connectivity index (χ1v) is 11.5. The lowest BCUT2D eigenvalue weighted by atomic mass is 9.90. The number of amidine groups is 1. The van der Waals surface area contributed by atoms with Crippen molar-refractivity contribution in [2.45, 2.75) is 31.9 Å². The Labute approximate surface area is 201 Å². The van der Waals surface area contributed by atoms with E-state index in [4.69, 9.17) is 14.3 Å². The molecule has 0 radical (unpaired) electrons. The minimum Gasteiger partial charge on any atom is -0.495 e. The number of halogens is 2. The van der Waals surface area contributed by atoms with E-state index in [0.717, 1.165) is 47.2 Å². The number of fused-ring (bicyclic) bond motifs is 4. The molecular weight excluding hydrogens is 454 g/mol. The number of aryl methyl sites for hydroxylation is 1. The summed E-state index contributed by atoms with van der Waals surface area (Å²) >= 11 is 0. The normalized spacial score (nSPS) is 21.9. The topological polar surface area (TPSA) is 61.1 Å². The molecule has 180 valence electrons. The van der Waals surface area contributed by atoms with Crippen LogP contribution in [0.4, 0.5) is 8.78 Å². The van der Waals surface area contributed by atoms with E-state index in [1.54, 1.807) is 13.4 Å². The molecule has 9 heteroatoms. The van der Waals surface area contributed by atoms with Gasteiger partial charge in [-0.2, -0.15) is 0 Å². The summed E-state index contributed by atoms with van der Waals surface area (Å²) in [5.74, 6) is 0.0255. The summed E-state index contributed by atoms with van der Waals surface area (Å²) < 4.78 is 41.8. The number of hydrogen-bond acceptors (Lipinski definition) is 6. The van der Waals surface area contributed by atoms with Gasteiger partial charge in [0, 0.05) is 25.2 Å². The van der Waals surface area contributed by atoms with Gasteiger partial charge >= 0.3 is 0 Å². The van der Waals surface area contributed by atoms with Crippen molar-refractivity contribution in [3.05, 3.63) is 76.9 Å². The number of imidazole rings is 1. The molecule has 0 bridgehead atoms. The summed E-state index contributed by atoms with van der Waals surface area (Å²) in [6.45, 7) is 2.85. The Bertz CT molecular complexity index is 1380. The van der Waals surface area contributed by atoms with Gasteiger partial charge in [-0.3, -0.25) is 0 Å². The fraction of sp³-hybridized carbons (Fsp3) is 0.308. The van der Waals surface area contributed by atoms with Crippen LogP contribution in [0, 0.1) is 18.6 Å². The second-order valence-corrected chi connectivity index (χ2v) is 8.93. The lowest BCUT2D eigenvalue weighted by molar-refractivity contribution is -0.128. The van der Waals surface area contributed by atoms with Crippen molar-refractivity contribution in [1.82, 2.24) is 14.5 Å². The average molecular weight is 478 g/mol. The summed E-state index contributed by atoms with van der Waals surface area (Å²) in [6, 6.07) is 8.09. The van der Waals surface area contributed by atoms with Crippen LogP contribution in [0.15, 0.2) is 53.6 Å². The smallest absolute Gasteiger partial charge is 0.244 e. The molecule has 2 aromatic carbocycles. The first-order valence-electron chi connectivity index (χ1n) is 11.5. The fourth-order valence-corrected chi connectivity index (χ4v) is 5.13. The number of ether oxygens (including phenoxy) is 2. The van der Waals surface area contributed by atoms with Crippen molar-refractivity contribution in [2.75, 3.05) is 20.3 Å². The zero-order valence-corrected chi connectivity index (χ0v) is 19.4. The summed E-state index contributed by atoms with van der Waals surface area (Å²) in [5, 5.41) is 4.41. The van der Waals surface area contributed by atoms with Crippen molar-refractivity contribution in [2.24, 2.45) is 5.16 Å². The molecule has 1 fully saturated rings. The van der Waals surface area contributed by atoms with Crippen LogP contribution in [0.5, 0.6) is 11.5 Å². The monoisotopic (exact) mass is 478 g/mol. The van der Waals surface area contributed by atoms with Crippen LogP contribution < -0.4 is 9.47 Å². The van der Waals surface area contributed by atoms with Gasteiger partial charge in [0.05, 0.1) is 37.0 Å². The number of aromatic nitrogens is 2. The van der Waals surface area contributed by atoms with Gasteiger partial charge in [0.1, 0.15) is 11.6 Å². The van der Waals surface area contributed by atoms with E-state index in [1.165, 1.54) is 6.07 Å². The fourth-order valence-electron chi connectivity index (χ4n) is 5.13. The third-order valence-electron chi connectivity index (χ3n) is 6.74. The highest BCUT2D eigenvalue weighted by molar-refractivity contribution is 6.03. The highest BCUT2D eigenvalue weighted by atomic mass is 19.1. The summed E-state index contributed by atoms with van der Waals surface area (Å²) in [7, 11) is 1.64. The third kappa shape index (κ3) is 3.45. The van der Waals surface area contributed by atoms with E-state index in [0.29, 0.717) is 24.4 Å². The van der Waals surface area contributed by atoms with Gasteiger partial charge in [-0.25, -0.2) is 13.8 Å². The molecule has 1 saturated heterocycles. The average Bonchev–Trinajstić information content (AvgIpc) is 3.45. The predicted molar refractivity (Wildman–Crippen MR) is 125 cm³/mol. The molecule has 1 spiro atoms. The lowest BCUT2D eigenvalue weighted by Gasteiger charge is -2.42. The van der Waals surface area contributed by atoms with Crippen LogP contribution in [-0.4, -0.2) is 40.5 Å². The molecule has 3 aliphatic rings. The van der Waals surface area contributed by atoms with Gasteiger partial charge in [0.25, 0.3) is 0 Å². The third-order valence-corrected chi connectivity index (χ3v) is 6.74. The van der Waals surface area contributed by atoms with Crippen LogP contribution in [0.1, 0.15) is 36.1 Å². The van der Waals surface area contributed by atoms with Gasteiger partial charge < -0.3 is 23.8 Å². The highest BCUT2D eigenvalue weighted by Gasteiger charge is 2.53. The summed E-state index contributed by atoms with van der Waals surface area (Å²) in [5.41, 5.74) is 3.01. The number of rotatable bonds is 3. The predicted octanol–water partition coefficient (Wildman–Crippen LogP) is 4.93. The zero-order chi connectivity index (χ0) is 24.2. The number of benzene rings is 2. The molecule has 3 aromatic rings. The molecule has 3 aliphatic heterocycles.